The predicted molar refractivity (Wildman–Crippen MR) is 119 cm³/mol. The van der Waals surface area contributed by atoms with Crippen LogP contribution in [-0.2, 0) is 17.9 Å². The van der Waals surface area contributed by atoms with Crippen LogP contribution in [0.2, 0.25) is 4.34 Å². The van der Waals surface area contributed by atoms with E-state index in [1.807, 2.05) is 64.7 Å². The van der Waals surface area contributed by atoms with Crippen molar-refractivity contribution in [3.8, 4) is 11.5 Å². The van der Waals surface area contributed by atoms with E-state index in [0.29, 0.717) is 38.6 Å². The zero-order chi connectivity index (χ0) is 20.2. The summed E-state index contributed by atoms with van der Waals surface area (Å²) in [5.74, 6) is 1.43. The van der Waals surface area contributed by atoms with E-state index in [1.165, 1.54) is 11.3 Å². The number of anilines is 1. The fourth-order valence-electron chi connectivity index (χ4n) is 3.16. The third kappa shape index (κ3) is 5.11. The third-order valence-corrected chi connectivity index (χ3v) is 6.57. The van der Waals surface area contributed by atoms with Crippen LogP contribution >= 0.6 is 34.3 Å². The first kappa shape index (κ1) is 20.2. The zero-order valence-electron chi connectivity index (χ0n) is 16.0. The van der Waals surface area contributed by atoms with Gasteiger partial charge in [-0.2, -0.15) is 0 Å². The van der Waals surface area contributed by atoms with Gasteiger partial charge in [0.15, 0.2) is 11.5 Å². The van der Waals surface area contributed by atoms with Crippen molar-refractivity contribution in [3.63, 3.8) is 0 Å². The van der Waals surface area contributed by atoms with Gasteiger partial charge in [-0.15, -0.1) is 22.7 Å². The molecule has 0 radical (unpaired) electrons. The number of nitrogens with zero attached hydrogens (tertiary/aromatic N) is 2. The maximum atomic E-state index is 13.2. The average Bonchev–Trinajstić information content (AvgIpc) is 3.37. The Bertz CT molecular complexity index is 974. The molecule has 0 spiro atoms. The van der Waals surface area contributed by atoms with Crippen molar-refractivity contribution < 1.29 is 14.3 Å². The van der Waals surface area contributed by atoms with Gasteiger partial charge in [0.2, 0.25) is 5.91 Å². The summed E-state index contributed by atoms with van der Waals surface area (Å²) in [5.41, 5.74) is 0.806. The molecule has 0 bridgehead atoms. The molecule has 0 unspecified atom stereocenters. The summed E-state index contributed by atoms with van der Waals surface area (Å²) in [7, 11) is 1.94. The normalized spacial score (nSPS) is 12.9. The molecule has 4 rings (SSSR count). The van der Waals surface area contributed by atoms with Crippen LogP contribution in [-0.4, -0.2) is 37.6 Å². The lowest BCUT2D eigenvalue weighted by Crippen LogP contribution is -2.38. The van der Waals surface area contributed by atoms with E-state index in [-0.39, 0.29) is 5.91 Å². The Kier molecular flexibility index (Phi) is 6.40. The van der Waals surface area contributed by atoms with Crippen LogP contribution < -0.4 is 14.4 Å². The van der Waals surface area contributed by atoms with Gasteiger partial charge in [0.25, 0.3) is 0 Å². The topological polar surface area (TPSA) is 42.0 Å². The fraction of sp³-hybridized carbons (Fsp3) is 0.286. The Morgan fingerprint density at radius 3 is 2.62 bits per heavy atom. The Morgan fingerprint density at radius 2 is 1.90 bits per heavy atom. The standard InChI is InChI=1S/C21H21ClN2O3S2/c1-23(12-17-5-7-20(22)29-17)14-21(25)24(13-16-3-2-10-28-16)15-4-6-18-19(11-15)27-9-8-26-18/h2-7,10-11H,8-9,12-14H2,1H3. The molecule has 1 aliphatic heterocycles. The zero-order valence-corrected chi connectivity index (χ0v) is 18.4. The second-order valence-corrected chi connectivity index (χ2v) is 9.60. The third-order valence-electron chi connectivity index (χ3n) is 4.49. The fourth-order valence-corrected chi connectivity index (χ4v) is 5.02. The van der Waals surface area contributed by atoms with E-state index < -0.39 is 0 Å². The molecular formula is C21H21ClN2O3S2. The second-order valence-electron chi connectivity index (χ2n) is 6.77. The number of rotatable bonds is 7. The number of thiophene rings is 2. The van der Waals surface area contributed by atoms with E-state index in [1.54, 1.807) is 11.3 Å². The van der Waals surface area contributed by atoms with Gasteiger partial charge in [-0.3, -0.25) is 9.69 Å². The summed E-state index contributed by atoms with van der Waals surface area (Å²) in [6.45, 7) is 2.56. The average molecular weight is 449 g/mol. The van der Waals surface area contributed by atoms with Crippen LogP contribution in [0.15, 0.2) is 47.8 Å². The lowest BCUT2D eigenvalue weighted by Gasteiger charge is -2.27. The van der Waals surface area contributed by atoms with Crippen molar-refractivity contribution in [1.82, 2.24) is 4.90 Å². The first-order chi connectivity index (χ1) is 14.1. The lowest BCUT2D eigenvalue weighted by molar-refractivity contribution is -0.119. The lowest BCUT2D eigenvalue weighted by atomic mass is 10.2. The van der Waals surface area contributed by atoms with Gasteiger partial charge in [-0.1, -0.05) is 17.7 Å². The molecule has 0 saturated carbocycles. The SMILES string of the molecule is CN(CC(=O)N(Cc1cccs1)c1ccc2c(c1)OCCO2)Cc1ccc(Cl)s1. The number of amides is 1. The molecule has 0 saturated heterocycles. The molecule has 1 amide bonds. The van der Waals surface area contributed by atoms with Crippen LogP contribution in [0.4, 0.5) is 5.69 Å². The number of fused-ring (bicyclic) bond motifs is 1. The Morgan fingerprint density at radius 1 is 1.07 bits per heavy atom. The molecule has 0 N–H and O–H groups in total. The van der Waals surface area contributed by atoms with Crippen LogP contribution in [0, 0.1) is 0 Å². The number of likely N-dealkylation sites (N-methyl/N-ethyl adjacent to an activating group) is 1. The molecule has 0 aliphatic carbocycles. The number of hydrogen-bond donors (Lipinski definition) is 0. The maximum absolute atomic E-state index is 13.2. The van der Waals surface area contributed by atoms with Crippen molar-refractivity contribution in [1.29, 1.82) is 0 Å². The van der Waals surface area contributed by atoms with Crippen LogP contribution in [0.25, 0.3) is 0 Å². The molecule has 0 atom stereocenters. The first-order valence-corrected chi connectivity index (χ1v) is 11.3. The number of hydrogen-bond acceptors (Lipinski definition) is 6. The molecule has 1 aromatic carbocycles. The summed E-state index contributed by atoms with van der Waals surface area (Å²) in [5, 5.41) is 2.02. The highest BCUT2D eigenvalue weighted by atomic mass is 35.5. The highest BCUT2D eigenvalue weighted by molar-refractivity contribution is 7.16. The minimum absolute atomic E-state index is 0.0280. The van der Waals surface area contributed by atoms with Crippen LogP contribution in [0.1, 0.15) is 9.75 Å². The van der Waals surface area contributed by atoms with Gasteiger partial charge in [-0.05, 0) is 42.8 Å². The van der Waals surface area contributed by atoms with E-state index in [0.717, 1.165) is 25.5 Å². The van der Waals surface area contributed by atoms with Crippen molar-refractivity contribution in [2.75, 3.05) is 31.7 Å². The van der Waals surface area contributed by atoms with Crippen molar-refractivity contribution in [2.45, 2.75) is 13.1 Å². The van der Waals surface area contributed by atoms with Crippen molar-refractivity contribution >= 4 is 45.9 Å². The first-order valence-electron chi connectivity index (χ1n) is 9.23. The Labute approximate surface area is 183 Å². The van der Waals surface area contributed by atoms with Gasteiger partial charge in [0, 0.05) is 28.1 Å². The molecule has 3 heterocycles. The quantitative estimate of drug-likeness (QED) is 0.515. The molecule has 3 aromatic rings. The minimum atomic E-state index is 0.0280. The van der Waals surface area contributed by atoms with E-state index >= 15 is 0 Å². The van der Waals surface area contributed by atoms with E-state index in [2.05, 4.69) is 0 Å². The number of carbonyl (C=O) groups excluding carboxylic acids is 1. The summed E-state index contributed by atoms with van der Waals surface area (Å²) in [4.78, 5) is 19.3. The molecule has 1 aliphatic rings. The van der Waals surface area contributed by atoms with Gasteiger partial charge in [-0.25, -0.2) is 0 Å². The van der Waals surface area contributed by atoms with Crippen LogP contribution in [0.3, 0.4) is 0 Å². The highest BCUT2D eigenvalue weighted by Crippen LogP contribution is 2.35. The molecule has 0 fully saturated rings. The molecule has 152 valence electrons. The van der Waals surface area contributed by atoms with Gasteiger partial charge < -0.3 is 14.4 Å². The molecular weight excluding hydrogens is 428 g/mol. The second kappa shape index (κ2) is 9.17. The monoisotopic (exact) mass is 448 g/mol. The molecule has 29 heavy (non-hydrogen) atoms. The van der Waals surface area contributed by atoms with E-state index in [9.17, 15) is 4.79 Å². The Balaban J connectivity index is 1.52. The number of halogens is 1. The summed E-state index contributed by atoms with van der Waals surface area (Å²) in [6.07, 6.45) is 0. The maximum Gasteiger partial charge on any atom is 0.241 e. The number of carbonyl (C=O) groups is 1. The van der Waals surface area contributed by atoms with Crippen LogP contribution in [0.5, 0.6) is 11.5 Å². The van der Waals surface area contributed by atoms with Crippen molar-refractivity contribution in [2.24, 2.45) is 0 Å². The minimum Gasteiger partial charge on any atom is -0.486 e. The van der Waals surface area contributed by atoms with Gasteiger partial charge >= 0.3 is 0 Å². The summed E-state index contributed by atoms with van der Waals surface area (Å²) < 4.78 is 12.1. The smallest absolute Gasteiger partial charge is 0.241 e. The number of benzene rings is 1. The number of ether oxygens (including phenoxy) is 2. The predicted octanol–water partition coefficient (Wildman–Crippen LogP) is 4.90. The molecule has 2 aromatic heterocycles. The largest absolute Gasteiger partial charge is 0.486 e. The van der Waals surface area contributed by atoms with Gasteiger partial charge in [0.1, 0.15) is 13.2 Å². The highest BCUT2D eigenvalue weighted by Gasteiger charge is 2.21. The molecule has 8 heteroatoms. The van der Waals surface area contributed by atoms with E-state index in [4.69, 9.17) is 21.1 Å². The molecule has 5 nitrogen and oxygen atoms in total. The summed E-state index contributed by atoms with van der Waals surface area (Å²) in [6, 6.07) is 13.6. The van der Waals surface area contributed by atoms with Crippen molar-refractivity contribution in [3.05, 3.63) is 61.9 Å². The Hall–Kier alpha value is -2.06. The summed E-state index contributed by atoms with van der Waals surface area (Å²) >= 11 is 9.20. The van der Waals surface area contributed by atoms with Gasteiger partial charge in [0.05, 0.1) is 17.4 Å².